The number of rotatable bonds is 5. The Morgan fingerprint density at radius 3 is 3.06 bits per heavy atom. The van der Waals surface area contributed by atoms with Gasteiger partial charge in [-0.2, -0.15) is 0 Å². The Bertz CT molecular complexity index is 397. The summed E-state index contributed by atoms with van der Waals surface area (Å²) in [5, 5.41) is 12.3. The standard InChI is InChI=1S/C14H19NO2S/c1-2-11(16)7-8-15-14(17)13-9-10-5-3-4-6-12(10)18-13/h3-6,11,13,16H,2,7-9H2,1H3,(H,15,17). The number of carbonyl (C=O) groups is 1. The highest BCUT2D eigenvalue weighted by Crippen LogP contribution is 2.36. The van der Waals surface area contributed by atoms with E-state index in [1.165, 1.54) is 10.5 Å². The fourth-order valence-corrected chi connectivity index (χ4v) is 3.23. The highest BCUT2D eigenvalue weighted by atomic mass is 32.2. The van der Waals surface area contributed by atoms with Crippen LogP contribution in [0, 0.1) is 0 Å². The molecule has 0 bridgehead atoms. The van der Waals surface area contributed by atoms with Gasteiger partial charge in [-0.1, -0.05) is 25.1 Å². The summed E-state index contributed by atoms with van der Waals surface area (Å²) in [4.78, 5) is 13.2. The molecule has 0 saturated heterocycles. The van der Waals surface area contributed by atoms with E-state index in [0.29, 0.717) is 13.0 Å². The van der Waals surface area contributed by atoms with Gasteiger partial charge in [-0.05, 0) is 30.9 Å². The Balaban J connectivity index is 1.79. The van der Waals surface area contributed by atoms with Crippen LogP contribution in [0.5, 0.6) is 0 Å². The van der Waals surface area contributed by atoms with Crippen molar-refractivity contribution < 1.29 is 9.90 Å². The molecular formula is C14H19NO2S. The van der Waals surface area contributed by atoms with Crippen LogP contribution in [0.1, 0.15) is 25.3 Å². The van der Waals surface area contributed by atoms with Gasteiger partial charge in [0.05, 0.1) is 11.4 Å². The first-order valence-corrected chi connectivity index (χ1v) is 7.29. The molecule has 98 valence electrons. The largest absolute Gasteiger partial charge is 0.393 e. The van der Waals surface area contributed by atoms with Gasteiger partial charge >= 0.3 is 0 Å². The van der Waals surface area contributed by atoms with Crippen LogP contribution in [0.25, 0.3) is 0 Å². The number of fused-ring (bicyclic) bond motifs is 1. The molecule has 4 heteroatoms. The third-order valence-electron chi connectivity index (χ3n) is 3.19. The van der Waals surface area contributed by atoms with Crippen molar-refractivity contribution in [3.05, 3.63) is 29.8 Å². The summed E-state index contributed by atoms with van der Waals surface area (Å²) >= 11 is 1.63. The minimum absolute atomic E-state index is 0.0128. The molecule has 1 aliphatic rings. The SMILES string of the molecule is CCC(O)CCNC(=O)C1Cc2ccccc2S1. The molecule has 0 fully saturated rings. The zero-order chi connectivity index (χ0) is 13.0. The van der Waals surface area contributed by atoms with Gasteiger partial charge in [-0.3, -0.25) is 4.79 Å². The van der Waals surface area contributed by atoms with Gasteiger partial charge in [0.1, 0.15) is 0 Å². The lowest BCUT2D eigenvalue weighted by Crippen LogP contribution is -2.34. The summed E-state index contributed by atoms with van der Waals surface area (Å²) in [5.74, 6) is 0.0829. The van der Waals surface area contributed by atoms with Crippen LogP contribution in [0.3, 0.4) is 0 Å². The van der Waals surface area contributed by atoms with Crippen molar-refractivity contribution in [1.82, 2.24) is 5.32 Å². The van der Waals surface area contributed by atoms with E-state index in [-0.39, 0.29) is 17.3 Å². The zero-order valence-corrected chi connectivity index (χ0v) is 11.4. The van der Waals surface area contributed by atoms with Gasteiger partial charge in [-0.25, -0.2) is 0 Å². The molecule has 0 radical (unpaired) electrons. The van der Waals surface area contributed by atoms with Crippen molar-refractivity contribution >= 4 is 17.7 Å². The van der Waals surface area contributed by atoms with Crippen LogP contribution in [0.15, 0.2) is 29.2 Å². The van der Waals surface area contributed by atoms with E-state index in [4.69, 9.17) is 0 Å². The fraction of sp³-hybridized carbons (Fsp3) is 0.500. The van der Waals surface area contributed by atoms with E-state index in [0.717, 1.165) is 12.8 Å². The minimum atomic E-state index is -0.307. The van der Waals surface area contributed by atoms with Gasteiger partial charge in [0.25, 0.3) is 0 Å². The fourth-order valence-electron chi connectivity index (χ4n) is 2.01. The van der Waals surface area contributed by atoms with Crippen molar-refractivity contribution in [1.29, 1.82) is 0 Å². The molecule has 18 heavy (non-hydrogen) atoms. The second-order valence-corrected chi connectivity index (χ2v) is 5.80. The Morgan fingerprint density at radius 2 is 2.33 bits per heavy atom. The number of nitrogens with one attached hydrogen (secondary N) is 1. The lowest BCUT2D eigenvalue weighted by Gasteiger charge is -2.11. The second-order valence-electron chi connectivity index (χ2n) is 4.56. The predicted octanol–water partition coefficient (Wildman–Crippen LogP) is 1.98. The van der Waals surface area contributed by atoms with E-state index < -0.39 is 0 Å². The van der Waals surface area contributed by atoms with Crippen molar-refractivity contribution in [2.45, 2.75) is 42.4 Å². The van der Waals surface area contributed by atoms with Gasteiger partial charge in [0.2, 0.25) is 5.91 Å². The van der Waals surface area contributed by atoms with E-state index in [1.54, 1.807) is 11.8 Å². The normalized spacial score (nSPS) is 19.3. The van der Waals surface area contributed by atoms with Crippen LogP contribution in [-0.4, -0.2) is 28.9 Å². The molecule has 2 unspecified atom stereocenters. The maximum Gasteiger partial charge on any atom is 0.233 e. The quantitative estimate of drug-likeness (QED) is 0.856. The molecule has 1 amide bonds. The number of aliphatic hydroxyl groups excluding tert-OH is 1. The molecule has 1 aromatic rings. The van der Waals surface area contributed by atoms with Crippen molar-refractivity contribution in [2.24, 2.45) is 0 Å². The predicted molar refractivity (Wildman–Crippen MR) is 73.7 cm³/mol. The molecule has 2 atom stereocenters. The maximum atomic E-state index is 12.0. The lowest BCUT2D eigenvalue weighted by atomic mass is 10.1. The van der Waals surface area contributed by atoms with Gasteiger partial charge in [-0.15, -0.1) is 11.8 Å². The van der Waals surface area contributed by atoms with Crippen molar-refractivity contribution in [2.75, 3.05) is 6.54 Å². The monoisotopic (exact) mass is 265 g/mol. The summed E-state index contributed by atoms with van der Waals surface area (Å²) in [5.41, 5.74) is 1.26. The van der Waals surface area contributed by atoms with Crippen LogP contribution < -0.4 is 5.32 Å². The van der Waals surface area contributed by atoms with E-state index in [2.05, 4.69) is 17.4 Å². The number of thioether (sulfide) groups is 1. The smallest absolute Gasteiger partial charge is 0.233 e. The first-order valence-electron chi connectivity index (χ1n) is 6.41. The molecule has 0 aliphatic carbocycles. The summed E-state index contributed by atoms with van der Waals surface area (Å²) in [7, 11) is 0. The number of carbonyl (C=O) groups excluding carboxylic acids is 1. The van der Waals surface area contributed by atoms with Gasteiger partial charge in [0.15, 0.2) is 0 Å². The third kappa shape index (κ3) is 3.27. The van der Waals surface area contributed by atoms with Crippen molar-refractivity contribution in [3.63, 3.8) is 0 Å². The first kappa shape index (κ1) is 13.4. The zero-order valence-electron chi connectivity index (χ0n) is 10.6. The summed E-state index contributed by atoms with van der Waals surface area (Å²) in [6.45, 7) is 2.50. The number of aliphatic hydroxyl groups is 1. The van der Waals surface area contributed by atoms with E-state index in [1.807, 2.05) is 19.1 Å². The number of hydrogen-bond donors (Lipinski definition) is 2. The summed E-state index contributed by atoms with van der Waals surface area (Å²) < 4.78 is 0. The van der Waals surface area contributed by atoms with Gasteiger partial charge < -0.3 is 10.4 Å². The molecule has 2 rings (SSSR count). The second kappa shape index (κ2) is 6.25. The average molecular weight is 265 g/mol. The molecule has 1 heterocycles. The molecule has 0 spiro atoms. The van der Waals surface area contributed by atoms with Crippen molar-refractivity contribution in [3.8, 4) is 0 Å². The Morgan fingerprint density at radius 1 is 1.56 bits per heavy atom. The van der Waals surface area contributed by atoms with Crippen LogP contribution >= 0.6 is 11.8 Å². The minimum Gasteiger partial charge on any atom is -0.393 e. The Hall–Kier alpha value is -1.00. The first-order chi connectivity index (χ1) is 8.70. The molecule has 1 aromatic carbocycles. The third-order valence-corrected chi connectivity index (χ3v) is 4.51. The van der Waals surface area contributed by atoms with E-state index in [9.17, 15) is 9.90 Å². The molecule has 1 aliphatic heterocycles. The maximum absolute atomic E-state index is 12.0. The molecule has 3 nitrogen and oxygen atoms in total. The molecule has 0 aromatic heterocycles. The van der Waals surface area contributed by atoms with Crippen LogP contribution in [0.4, 0.5) is 0 Å². The molecular weight excluding hydrogens is 246 g/mol. The lowest BCUT2D eigenvalue weighted by molar-refractivity contribution is -0.120. The number of hydrogen-bond acceptors (Lipinski definition) is 3. The Labute approximate surface area is 112 Å². The average Bonchev–Trinajstić information content (AvgIpc) is 2.82. The summed E-state index contributed by atoms with van der Waals surface area (Å²) in [6.07, 6.45) is 1.87. The van der Waals surface area contributed by atoms with Gasteiger partial charge in [0, 0.05) is 11.4 Å². The van der Waals surface area contributed by atoms with Crippen LogP contribution in [0.2, 0.25) is 0 Å². The highest BCUT2D eigenvalue weighted by molar-refractivity contribution is 8.01. The highest BCUT2D eigenvalue weighted by Gasteiger charge is 2.27. The van der Waals surface area contributed by atoms with E-state index >= 15 is 0 Å². The topological polar surface area (TPSA) is 49.3 Å². The van der Waals surface area contributed by atoms with Crippen LogP contribution in [-0.2, 0) is 11.2 Å². The Kier molecular flexibility index (Phi) is 4.66. The number of benzene rings is 1. The molecule has 2 N–H and O–H groups in total. The summed E-state index contributed by atoms with van der Waals surface area (Å²) in [6, 6.07) is 8.16. The number of amides is 1. The molecule has 0 saturated carbocycles.